The molecule has 1 amide bonds. The number of methoxy groups -OCH3 is 1. The minimum absolute atomic E-state index is 0.0148. The molecule has 5 aromatic heterocycles. The van der Waals surface area contributed by atoms with Crippen molar-refractivity contribution in [2.24, 2.45) is 0 Å². The van der Waals surface area contributed by atoms with Crippen LogP contribution in [0.25, 0.3) is 44.9 Å². The number of amides is 1. The number of carbonyl (C=O) groups excluding carboxylic acids is 1. The monoisotopic (exact) mass is 808 g/mol. The van der Waals surface area contributed by atoms with Gasteiger partial charge in [0.25, 0.3) is 5.56 Å². The number of pyridine rings is 1. The van der Waals surface area contributed by atoms with E-state index < -0.39 is 17.5 Å². The van der Waals surface area contributed by atoms with Crippen LogP contribution in [-0.4, -0.2) is 80.6 Å². The van der Waals surface area contributed by atoms with Crippen LogP contribution in [0.3, 0.4) is 0 Å². The highest BCUT2D eigenvalue weighted by atomic mass is 19.4. The first-order valence-corrected chi connectivity index (χ1v) is 19.8. The van der Waals surface area contributed by atoms with Crippen molar-refractivity contribution in [3.63, 3.8) is 0 Å². The predicted octanol–water partition coefficient (Wildman–Crippen LogP) is 7.84. The minimum Gasteiger partial charge on any atom is -0.480 e. The smallest absolute Gasteiger partial charge is 0.434 e. The Balaban J connectivity index is 1.08. The fraction of sp³-hybridized carbons (Fsp3) is 0.429. The number of benzene rings is 1. The molecule has 59 heavy (non-hydrogen) atoms. The van der Waals surface area contributed by atoms with Crippen LogP contribution >= 0.6 is 0 Å². The van der Waals surface area contributed by atoms with E-state index in [0.29, 0.717) is 70.9 Å². The minimum atomic E-state index is -4.56. The Bertz CT molecular complexity index is 2610. The third-order valence-corrected chi connectivity index (χ3v) is 11.0. The highest BCUT2D eigenvalue weighted by Gasteiger charge is 2.38. The molecule has 1 aromatic carbocycles. The summed E-state index contributed by atoms with van der Waals surface area (Å²) in [6.07, 6.45) is 7.74. The molecule has 3 aliphatic rings. The summed E-state index contributed by atoms with van der Waals surface area (Å²) in [7, 11) is 1.53. The first kappa shape index (κ1) is 38.4. The van der Waals surface area contributed by atoms with E-state index in [1.165, 1.54) is 13.4 Å². The maximum atomic E-state index is 14.7. The second-order valence-corrected chi connectivity index (χ2v) is 16.5. The molecule has 0 radical (unpaired) electrons. The number of aromatic nitrogens is 9. The Hall–Kier alpha value is -6.13. The van der Waals surface area contributed by atoms with E-state index in [1.54, 1.807) is 56.8 Å². The van der Waals surface area contributed by atoms with Crippen molar-refractivity contribution in [3.05, 3.63) is 88.8 Å². The molecule has 0 bridgehead atoms. The molecule has 6 aromatic rings. The molecule has 0 atom stereocenters. The average Bonchev–Trinajstić information content (AvgIpc) is 4.15. The first-order valence-electron chi connectivity index (χ1n) is 19.8. The quantitative estimate of drug-likeness (QED) is 0.142. The van der Waals surface area contributed by atoms with E-state index in [4.69, 9.17) is 19.4 Å². The van der Waals surface area contributed by atoms with E-state index in [1.807, 2.05) is 31.6 Å². The van der Waals surface area contributed by atoms with Crippen molar-refractivity contribution in [1.29, 1.82) is 0 Å². The van der Waals surface area contributed by atoms with Crippen molar-refractivity contribution in [2.45, 2.75) is 95.6 Å². The number of fused-ring (bicyclic) bond motifs is 1. The van der Waals surface area contributed by atoms with Crippen molar-refractivity contribution in [1.82, 2.24) is 48.7 Å². The van der Waals surface area contributed by atoms with Crippen LogP contribution in [0, 0.1) is 0 Å². The Kier molecular flexibility index (Phi) is 9.50. The fourth-order valence-corrected chi connectivity index (χ4v) is 7.68. The Morgan fingerprint density at radius 1 is 0.881 bits per heavy atom. The third-order valence-electron chi connectivity index (χ3n) is 11.0. The molecule has 1 aliphatic heterocycles. The summed E-state index contributed by atoms with van der Waals surface area (Å²) < 4.78 is 57.3. The van der Waals surface area contributed by atoms with Crippen molar-refractivity contribution in [2.75, 3.05) is 20.2 Å². The van der Waals surface area contributed by atoms with Crippen molar-refractivity contribution >= 4 is 17.1 Å². The van der Waals surface area contributed by atoms with Gasteiger partial charge in [0.1, 0.15) is 29.0 Å². The van der Waals surface area contributed by atoms with Gasteiger partial charge in [-0.25, -0.2) is 29.7 Å². The maximum Gasteiger partial charge on any atom is 0.434 e. The number of alkyl halides is 3. The lowest BCUT2D eigenvalue weighted by Gasteiger charge is -2.33. The molecule has 306 valence electrons. The number of hydrogen-bond donors (Lipinski definition) is 0. The van der Waals surface area contributed by atoms with Gasteiger partial charge >= 0.3 is 12.3 Å². The first-order chi connectivity index (χ1) is 28.2. The number of rotatable bonds is 9. The normalized spacial score (nSPS) is 16.5. The van der Waals surface area contributed by atoms with Crippen LogP contribution in [0.15, 0.2) is 66.2 Å². The predicted molar refractivity (Wildman–Crippen MR) is 211 cm³/mol. The van der Waals surface area contributed by atoms with Crippen LogP contribution in [0.2, 0.25) is 0 Å². The average molecular weight is 809 g/mol. The van der Waals surface area contributed by atoms with Gasteiger partial charge in [-0.05, 0) is 70.9 Å². The van der Waals surface area contributed by atoms with Gasteiger partial charge in [-0.15, -0.1) is 0 Å². The second kappa shape index (κ2) is 14.6. The topological polar surface area (TPSA) is 148 Å². The van der Waals surface area contributed by atoms with E-state index in [-0.39, 0.29) is 42.0 Å². The molecule has 0 spiro atoms. The lowest BCUT2D eigenvalue weighted by atomic mass is 10.1. The molecule has 17 heteroatoms. The number of nitrogens with zero attached hydrogens (tertiary/aromatic N) is 10. The zero-order valence-corrected chi connectivity index (χ0v) is 33.1. The van der Waals surface area contributed by atoms with Gasteiger partial charge in [0.05, 0.1) is 37.2 Å². The summed E-state index contributed by atoms with van der Waals surface area (Å²) >= 11 is 0. The summed E-state index contributed by atoms with van der Waals surface area (Å²) in [6.45, 7) is 6.66. The lowest BCUT2D eigenvalue weighted by Crippen LogP contribution is -2.42. The summed E-state index contributed by atoms with van der Waals surface area (Å²) in [5, 5.41) is 5.27. The summed E-state index contributed by atoms with van der Waals surface area (Å²) in [5.74, 6) is 1.15. The molecule has 6 heterocycles. The molecular formula is C42H43F3N10O4. The SMILES string of the molecule is COc1ncnc(C2CC2)c1-c1ncc2cc(-c3cnn(C4CCN(C(=O)OC(C)(C)C)CC4)c3)c(=O)n(Cc3ccc(-c4nc(C(F)(F)F)cn4C4CC4)cc3)c2n1. The van der Waals surface area contributed by atoms with E-state index in [2.05, 4.69) is 20.1 Å². The van der Waals surface area contributed by atoms with Gasteiger partial charge in [0, 0.05) is 60.2 Å². The van der Waals surface area contributed by atoms with Gasteiger partial charge in [0.15, 0.2) is 11.5 Å². The molecular weight excluding hydrogens is 766 g/mol. The number of hydrogen-bond acceptors (Lipinski definition) is 10. The van der Waals surface area contributed by atoms with Crippen LogP contribution in [0.4, 0.5) is 18.0 Å². The van der Waals surface area contributed by atoms with E-state index in [0.717, 1.165) is 43.1 Å². The number of carbonyl (C=O) groups is 1. The summed E-state index contributed by atoms with van der Waals surface area (Å²) in [6, 6.07) is 8.83. The number of piperidine rings is 1. The summed E-state index contributed by atoms with van der Waals surface area (Å²) in [4.78, 5) is 51.7. The molecule has 0 N–H and O–H groups in total. The molecule has 2 saturated carbocycles. The number of likely N-dealkylation sites (tertiary alicyclic amines) is 1. The van der Waals surface area contributed by atoms with Crippen molar-refractivity contribution < 1.29 is 27.4 Å². The molecule has 2 aliphatic carbocycles. The highest BCUT2D eigenvalue weighted by molar-refractivity contribution is 5.83. The number of imidazole rings is 1. The van der Waals surface area contributed by atoms with E-state index in [9.17, 15) is 22.8 Å². The van der Waals surface area contributed by atoms with Gasteiger partial charge in [-0.2, -0.15) is 18.3 Å². The molecule has 14 nitrogen and oxygen atoms in total. The maximum absolute atomic E-state index is 14.7. The van der Waals surface area contributed by atoms with Crippen LogP contribution in [0.1, 0.15) is 94.2 Å². The Labute approximate surface area is 337 Å². The van der Waals surface area contributed by atoms with Gasteiger partial charge in [-0.1, -0.05) is 24.3 Å². The zero-order valence-electron chi connectivity index (χ0n) is 33.1. The Morgan fingerprint density at radius 3 is 2.29 bits per heavy atom. The fourth-order valence-electron chi connectivity index (χ4n) is 7.68. The largest absolute Gasteiger partial charge is 0.480 e. The van der Waals surface area contributed by atoms with Crippen LogP contribution in [0.5, 0.6) is 5.88 Å². The standard InChI is InChI=1S/C42H43F3N10O4/c1-41(2,3)59-40(57)52-15-13-30(14-16-52)55-21-28(19-49-55)31-17-27-18-46-35(33-34(25-9-10-25)47-23-48-38(33)58-4)51-37(27)54(39(31)56)20-24-5-7-26(8-6-24)36-50-32(42(43,44)45)22-53(36)29-11-12-29/h5-8,17-19,21-23,25,29-30H,9-16,20H2,1-4H3. The number of halogens is 3. The Morgan fingerprint density at radius 2 is 1.63 bits per heavy atom. The molecule has 9 rings (SSSR count). The van der Waals surface area contributed by atoms with Crippen molar-refractivity contribution in [3.8, 4) is 39.8 Å². The van der Waals surface area contributed by atoms with E-state index >= 15 is 0 Å². The lowest BCUT2D eigenvalue weighted by molar-refractivity contribution is -0.140. The summed E-state index contributed by atoms with van der Waals surface area (Å²) in [5.41, 5.74) is 2.20. The molecule has 1 saturated heterocycles. The van der Waals surface area contributed by atoms with Gasteiger partial charge in [0.2, 0.25) is 5.88 Å². The third kappa shape index (κ3) is 7.77. The highest BCUT2D eigenvalue weighted by Crippen LogP contribution is 2.45. The van der Waals surface area contributed by atoms with Gasteiger partial charge in [-0.3, -0.25) is 14.0 Å². The second-order valence-electron chi connectivity index (χ2n) is 16.5. The van der Waals surface area contributed by atoms with Crippen LogP contribution < -0.4 is 10.3 Å². The van der Waals surface area contributed by atoms with Gasteiger partial charge < -0.3 is 18.9 Å². The molecule has 0 unspecified atom stereocenters. The zero-order chi connectivity index (χ0) is 41.2. The molecule has 3 fully saturated rings. The number of ether oxygens (including phenoxy) is 2. The van der Waals surface area contributed by atoms with Crippen LogP contribution in [-0.2, 0) is 17.5 Å².